The normalized spacial score (nSPS) is 14.2. The van der Waals surface area contributed by atoms with Crippen LogP contribution in [0.3, 0.4) is 0 Å². The maximum Gasteiger partial charge on any atom is 0.472 e. The lowest BCUT2D eigenvalue weighted by Gasteiger charge is -2.21. The molecule has 101 heavy (non-hydrogen) atoms. The summed E-state index contributed by atoms with van der Waals surface area (Å²) in [5.41, 5.74) is 0. The Labute approximate surface area is 619 Å². The second-order valence-corrected chi connectivity index (χ2v) is 33.6. The highest BCUT2D eigenvalue weighted by molar-refractivity contribution is 7.47. The Kier molecular flexibility index (Phi) is 70.9. The first kappa shape index (κ1) is 99.1. The molecule has 19 heteroatoms. The number of phosphoric ester groups is 2. The molecule has 0 aromatic heterocycles. The van der Waals surface area contributed by atoms with E-state index in [9.17, 15) is 43.2 Å². The number of esters is 4. The summed E-state index contributed by atoms with van der Waals surface area (Å²) in [6.07, 6.45) is 60.9. The van der Waals surface area contributed by atoms with Crippen LogP contribution in [0.15, 0.2) is 0 Å². The van der Waals surface area contributed by atoms with Crippen molar-refractivity contribution in [3.05, 3.63) is 0 Å². The van der Waals surface area contributed by atoms with E-state index in [0.717, 1.165) is 108 Å². The molecular formula is C82H160O17P2. The molecule has 0 aromatic carbocycles. The summed E-state index contributed by atoms with van der Waals surface area (Å²) >= 11 is 0. The van der Waals surface area contributed by atoms with E-state index in [1.807, 2.05) is 0 Å². The van der Waals surface area contributed by atoms with Gasteiger partial charge in [-0.1, -0.05) is 376 Å². The maximum atomic E-state index is 13.1. The molecule has 0 fully saturated rings. The van der Waals surface area contributed by atoms with Gasteiger partial charge in [-0.3, -0.25) is 37.3 Å². The van der Waals surface area contributed by atoms with Crippen molar-refractivity contribution in [1.82, 2.24) is 0 Å². The van der Waals surface area contributed by atoms with Crippen molar-refractivity contribution < 1.29 is 80.2 Å². The summed E-state index contributed by atoms with van der Waals surface area (Å²) in [4.78, 5) is 73.1. The number of aliphatic hydroxyl groups is 1. The lowest BCUT2D eigenvalue weighted by Crippen LogP contribution is -2.30. The zero-order valence-electron chi connectivity index (χ0n) is 66.4. The topological polar surface area (TPSA) is 237 Å². The Balaban J connectivity index is 5.27. The number of unbranched alkanes of at least 4 members (excludes halogenated alkanes) is 47. The number of ether oxygens (including phenoxy) is 4. The van der Waals surface area contributed by atoms with Crippen LogP contribution < -0.4 is 0 Å². The molecule has 0 aliphatic heterocycles. The van der Waals surface area contributed by atoms with E-state index in [1.165, 1.54) is 238 Å². The van der Waals surface area contributed by atoms with Gasteiger partial charge in [-0.15, -0.1) is 0 Å². The van der Waals surface area contributed by atoms with Crippen molar-refractivity contribution in [2.75, 3.05) is 39.6 Å². The van der Waals surface area contributed by atoms with Crippen molar-refractivity contribution in [3.63, 3.8) is 0 Å². The Morgan fingerprint density at radius 2 is 0.505 bits per heavy atom. The quantitative estimate of drug-likeness (QED) is 0.0222. The number of hydrogen-bond donors (Lipinski definition) is 3. The molecule has 0 bridgehead atoms. The number of phosphoric acid groups is 2. The first-order valence-electron chi connectivity index (χ1n) is 42.4. The minimum absolute atomic E-state index is 0.106. The fourth-order valence-corrected chi connectivity index (χ4v) is 14.2. The van der Waals surface area contributed by atoms with Gasteiger partial charge in [0.25, 0.3) is 0 Å². The van der Waals surface area contributed by atoms with Gasteiger partial charge < -0.3 is 33.8 Å². The summed E-state index contributed by atoms with van der Waals surface area (Å²) in [6, 6.07) is 0. The fourth-order valence-electron chi connectivity index (χ4n) is 12.6. The standard InChI is InChI=1S/C82H160O17P2/c1-8-10-11-12-13-14-15-16-17-20-23-29-34-42-49-56-63-79(84)92-69-77(98-81(86)65-58-51-44-35-30-24-21-18-19-22-27-32-39-46-53-60-73(3)4)71-96-100(88,89)94-67-76(83)68-95-101(90,91)97-72-78(70-93-80(85)64-57-50-43-38-37-41-48-55-62-75(7)9-2)99-82(87)66-59-52-45-36-31-26-25-28-33-40-47-54-61-74(5)6/h73-78,83H,8-72H2,1-7H3,(H,88,89)(H,90,91)/t75?,76-,77-,78-/m1/s1. The molecule has 0 aliphatic rings. The van der Waals surface area contributed by atoms with Crippen LogP contribution in [0.5, 0.6) is 0 Å². The summed E-state index contributed by atoms with van der Waals surface area (Å²) in [5, 5.41) is 10.7. The van der Waals surface area contributed by atoms with Crippen LogP contribution in [0.2, 0.25) is 0 Å². The third kappa shape index (κ3) is 74.7. The molecule has 0 aromatic rings. The lowest BCUT2D eigenvalue weighted by atomic mass is 9.99. The predicted octanol–water partition coefficient (Wildman–Crippen LogP) is 24.5. The highest BCUT2D eigenvalue weighted by atomic mass is 31.2. The van der Waals surface area contributed by atoms with Gasteiger partial charge in [0.2, 0.25) is 0 Å². The molecule has 17 nitrogen and oxygen atoms in total. The van der Waals surface area contributed by atoms with E-state index in [1.54, 1.807) is 0 Å². The average molecular weight is 1480 g/mol. The second kappa shape index (κ2) is 72.3. The SMILES string of the molecule is CCCCCCCCCCCCCCCCCCC(=O)OC[C@H](COP(=O)(O)OC[C@@H](O)COP(=O)(O)OC[C@@H](COC(=O)CCCCCCCCCCC(C)CC)OC(=O)CCCCCCCCCCCCCCC(C)C)OC(=O)CCCCCCCCCCCCCCCCCC(C)C. The van der Waals surface area contributed by atoms with E-state index >= 15 is 0 Å². The van der Waals surface area contributed by atoms with Crippen molar-refractivity contribution in [2.24, 2.45) is 17.8 Å². The average Bonchev–Trinajstić information content (AvgIpc) is 0.934. The van der Waals surface area contributed by atoms with Crippen molar-refractivity contribution >= 4 is 39.5 Å². The zero-order chi connectivity index (χ0) is 74.4. The first-order valence-corrected chi connectivity index (χ1v) is 45.4. The Morgan fingerprint density at radius 3 is 0.752 bits per heavy atom. The van der Waals surface area contributed by atoms with Crippen molar-refractivity contribution in [1.29, 1.82) is 0 Å². The Hall–Kier alpha value is -1.94. The van der Waals surface area contributed by atoms with Gasteiger partial charge in [-0.05, 0) is 43.4 Å². The molecule has 0 radical (unpaired) electrons. The lowest BCUT2D eigenvalue weighted by molar-refractivity contribution is -0.161. The minimum atomic E-state index is -4.96. The number of carbonyl (C=O) groups excluding carboxylic acids is 4. The molecule has 0 amide bonds. The molecule has 3 unspecified atom stereocenters. The second-order valence-electron chi connectivity index (χ2n) is 30.7. The van der Waals surface area contributed by atoms with Gasteiger partial charge in [0, 0.05) is 25.7 Å². The summed E-state index contributed by atoms with van der Waals surface area (Å²) in [6.45, 7) is 12.0. The van der Waals surface area contributed by atoms with E-state index < -0.39 is 97.5 Å². The van der Waals surface area contributed by atoms with Crippen LogP contribution >= 0.6 is 15.6 Å². The molecule has 0 heterocycles. The largest absolute Gasteiger partial charge is 0.472 e. The van der Waals surface area contributed by atoms with Crippen LogP contribution in [0, 0.1) is 17.8 Å². The maximum absolute atomic E-state index is 13.1. The summed E-state index contributed by atoms with van der Waals surface area (Å²) in [7, 11) is -9.92. The van der Waals surface area contributed by atoms with E-state index in [4.69, 9.17) is 37.0 Å². The van der Waals surface area contributed by atoms with Crippen LogP contribution in [-0.4, -0.2) is 96.7 Å². The van der Waals surface area contributed by atoms with Gasteiger partial charge in [0.1, 0.15) is 19.3 Å². The van der Waals surface area contributed by atoms with Gasteiger partial charge in [-0.2, -0.15) is 0 Å². The van der Waals surface area contributed by atoms with Crippen LogP contribution in [0.1, 0.15) is 427 Å². The third-order valence-corrected chi connectivity index (χ3v) is 21.4. The van der Waals surface area contributed by atoms with E-state index in [-0.39, 0.29) is 25.7 Å². The molecule has 0 aliphatic carbocycles. The number of hydrogen-bond acceptors (Lipinski definition) is 15. The van der Waals surface area contributed by atoms with Gasteiger partial charge in [0.15, 0.2) is 12.2 Å². The van der Waals surface area contributed by atoms with Gasteiger partial charge in [0.05, 0.1) is 26.4 Å². The molecular weight excluding hydrogens is 1320 g/mol. The third-order valence-electron chi connectivity index (χ3n) is 19.5. The molecule has 3 N–H and O–H groups in total. The van der Waals surface area contributed by atoms with Crippen LogP contribution in [0.4, 0.5) is 0 Å². The molecule has 0 spiro atoms. The monoisotopic (exact) mass is 1480 g/mol. The minimum Gasteiger partial charge on any atom is -0.462 e. The first-order chi connectivity index (χ1) is 48.8. The van der Waals surface area contributed by atoms with Crippen molar-refractivity contribution in [3.8, 4) is 0 Å². The number of rotatable bonds is 80. The van der Waals surface area contributed by atoms with Crippen molar-refractivity contribution in [2.45, 2.75) is 446 Å². The highest BCUT2D eigenvalue weighted by Gasteiger charge is 2.30. The Bertz CT molecular complexity index is 1960. The molecule has 0 rings (SSSR count). The fraction of sp³-hybridized carbons (Fsp3) is 0.951. The number of aliphatic hydroxyl groups excluding tert-OH is 1. The van der Waals surface area contributed by atoms with E-state index in [2.05, 4.69) is 48.5 Å². The highest BCUT2D eigenvalue weighted by Crippen LogP contribution is 2.45. The van der Waals surface area contributed by atoms with Crippen LogP contribution in [-0.2, 0) is 65.4 Å². The van der Waals surface area contributed by atoms with E-state index in [0.29, 0.717) is 25.7 Å². The smallest absolute Gasteiger partial charge is 0.462 e. The summed E-state index contributed by atoms with van der Waals surface area (Å²) in [5.74, 6) is 0.248. The molecule has 0 saturated carbocycles. The molecule has 6 atom stereocenters. The van der Waals surface area contributed by atoms with Gasteiger partial charge in [-0.25, -0.2) is 9.13 Å². The van der Waals surface area contributed by atoms with Crippen LogP contribution in [0.25, 0.3) is 0 Å². The number of carbonyl (C=O) groups is 4. The molecule has 600 valence electrons. The van der Waals surface area contributed by atoms with Gasteiger partial charge >= 0.3 is 39.5 Å². The predicted molar refractivity (Wildman–Crippen MR) is 414 cm³/mol. The molecule has 0 saturated heterocycles. The summed E-state index contributed by atoms with van der Waals surface area (Å²) < 4.78 is 68.8. The Morgan fingerprint density at radius 1 is 0.287 bits per heavy atom. The zero-order valence-corrected chi connectivity index (χ0v) is 68.2.